The zero-order chi connectivity index (χ0) is 10.1. The fraction of sp³-hybridized carbons (Fsp3) is 0.600. The van der Waals surface area contributed by atoms with Gasteiger partial charge in [0, 0.05) is 18.4 Å². The van der Waals surface area contributed by atoms with E-state index in [1.165, 1.54) is 0 Å². The Balaban J connectivity index is 2.58. The molecule has 0 radical (unpaired) electrons. The molecular formula is C10H14O3. The molecule has 13 heavy (non-hydrogen) atoms. The van der Waals surface area contributed by atoms with Gasteiger partial charge in [-0.1, -0.05) is 6.58 Å². The second kappa shape index (κ2) is 3.32. The normalized spacial score (nSPS) is 27.4. The summed E-state index contributed by atoms with van der Waals surface area (Å²) in [5, 5.41) is 0. The topological polar surface area (TPSA) is 43.4 Å². The third kappa shape index (κ3) is 2.41. The van der Waals surface area contributed by atoms with Crippen LogP contribution in [0.2, 0.25) is 0 Å². The van der Waals surface area contributed by atoms with Crippen LogP contribution in [0.5, 0.6) is 0 Å². The van der Waals surface area contributed by atoms with E-state index in [1.807, 2.05) is 0 Å². The van der Waals surface area contributed by atoms with Crippen LogP contribution in [0, 0.1) is 0 Å². The summed E-state index contributed by atoms with van der Waals surface area (Å²) >= 11 is 0. The smallest absolute Gasteiger partial charge is 0.333 e. The van der Waals surface area contributed by atoms with Crippen LogP contribution >= 0.6 is 0 Å². The highest BCUT2D eigenvalue weighted by Gasteiger charge is 2.37. The second-order valence-corrected chi connectivity index (χ2v) is 3.84. The first-order chi connectivity index (χ1) is 5.93. The summed E-state index contributed by atoms with van der Waals surface area (Å²) in [7, 11) is 0. The quantitative estimate of drug-likeness (QED) is 0.481. The number of carbonyl (C=O) groups excluding carboxylic acids is 2. The van der Waals surface area contributed by atoms with Gasteiger partial charge in [-0.15, -0.1) is 0 Å². The van der Waals surface area contributed by atoms with Crippen molar-refractivity contribution < 1.29 is 14.3 Å². The van der Waals surface area contributed by atoms with Gasteiger partial charge in [-0.2, -0.15) is 0 Å². The summed E-state index contributed by atoms with van der Waals surface area (Å²) in [5.74, 6) is -0.241. The highest BCUT2D eigenvalue weighted by atomic mass is 16.6. The molecule has 1 aliphatic rings. The van der Waals surface area contributed by atoms with Gasteiger partial charge in [-0.05, 0) is 20.3 Å². The van der Waals surface area contributed by atoms with Gasteiger partial charge in [-0.25, -0.2) is 4.79 Å². The number of esters is 1. The Morgan fingerprint density at radius 1 is 1.62 bits per heavy atom. The monoisotopic (exact) mass is 182 g/mol. The molecule has 0 bridgehead atoms. The van der Waals surface area contributed by atoms with Crippen molar-refractivity contribution in [1.82, 2.24) is 0 Å². The molecule has 1 saturated carbocycles. The van der Waals surface area contributed by atoms with Crippen molar-refractivity contribution in [1.29, 1.82) is 0 Å². The van der Waals surface area contributed by atoms with Crippen LogP contribution < -0.4 is 0 Å². The van der Waals surface area contributed by atoms with Crippen LogP contribution in [0.25, 0.3) is 0 Å². The zero-order valence-corrected chi connectivity index (χ0v) is 8.05. The van der Waals surface area contributed by atoms with E-state index in [-0.39, 0.29) is 5.78 Å². The van der Waals surface area contributed by atoms with E-state index >= 15 is 0 Å². The Morgan fingerprint density at radius 3 is 2.62 bits per heavy atom. The molecule has 0 N–H and O–H groups in total. The molecule has 1 unspecified atom stereocenters. The van der Waals surface area contributed by atoms with Crippen molar-refractivity contribution in [2.75, 3.05) is 0 Å². The molecule has 0 aromatic heterocycles. The molecule has 0 saturated heterocycles. The van der Waals surface area contributed by atoms with Gasteiger partial charge < -0.3 is 4.74 Å². The summed E-state index contributed by atoms with van der Waals surface area (Å²) in [6, 6.07) is 0. The summed E-state index contributed by atoms with van der Waals surface area (Å²) in [6.45, 7) is 6.88. The van der Waals surface area contributed by atoms with Crippen LogP contribution in [0.4, 0.5) is 0 Å². The van der Waals surface area contributed by atoms with Crippen LogP contribution in [0.3, 0.4) is 0 Å². The Hall–Kier alpha value is -1.12. The van der Waals surface area contributed by atoms with E-state index in [0.29, 0.717) is 24.8 Å². The van der Waals surface area contributed by atoms with E-state index in [2.05, 4.69) is 6.58 Å². The third-order valence-corrected chi connectivity index (χ3v) is 2.19. The summed E-state index contributed by atoms with van der Waals surface area (Å²) in [5.41, 5.74) is -0.215. The summed E-state index contributed by atoms with van der Waals surface area (Å²) in [6.07, 6.45) is 1.48. The van der Waals surface area contributed by atoms with Gasteiger partial charge in [0.15, 0.2) is 0 Å². The molecule has 3 heteroatoms. The highest BCUT2D eigenvalue weighted by Crippen LogP contribution is 2.30. The molecule has 1 fully saturated rings. The van der Waals surface area contributed by atoms with E-state index in [1.54, 1.807) is 13.8 Å². The Kier molecular flexibility index (Phi) is 2.55. The fourth-order valence-electron chi connectivity index (χ4n) is 1.40. The van der Waals surface area contributed by atoms with Crippen LogP contribution in [0.1, 0.15) is 33.1 Å². The SMILES string of the molecule is C=C(C)C(=O)OC1(C)CCC(=O)C1. The average Bonchev–Trinajstić information content (AvgIpc) is 2.30. The molecule has 0 spiro atoms. The molecule has 0 aromatic rings. The van der Waals surface area contributed by atoms with E-state index in [0.717, 1.165) is 0 Å². The first-order valence-electron chi connectivity index (χ1n) is 4.33. The predicted molar refractivity (Wildman–Crippen MR) is 48.2 cm³/mol. The van der Waals surface area contributed by atoms with E-state index < -0.39 is 11.6 Å². The average molecular weight is 182 g/mol. The lowest BCUT2D eigenvalue weighted by Gasteiger charge is -2.23. The first-order valence-corrected chi connectivity index (χ1v) is 4.33. The molecule has 0 amide bonds. The third-order valence-electron chi connectivity index (χ3n) is 2.19. The Bertz CT molecular complexity index is 267. The van der Waals surface area contributed by atoms with Gasteiger partial charge in [-0.3, -0.25) is 4.79 Å². The minimum absolute atomic E-state index is 0.164. The van der Waals surface area contributed by atoms with Crippen molar-refractivity contribution in [2.24, 2.45) is 0 Å². The number of Topliss-reactive ketones (excluding diaryl/α,β-unsaturated/α-hetero) is 1. The largest absolute Gasteiger partial charge is 0.456 e. The van der Waals surface area contributed by atoms with Crippen molar-refractivity contribution in [2.45, 2.75) is 38.7 Å². The Labute approximate surface area is 77.8 Å². The maximum absolute atomic E-state index is 11.2. The van der Waals surface area contributed by atoms with Crippen molar-refractivity contribution in [3.05, 3.63) is 12.2 Å². The number of hydrogen-bond donors (Lipinski definition) is 0. The highest BCUT2D eigenvalue weighted by molar-refractivity contribution is 5.88. The van der Waals surface area contributed by atoms with Gasteiger partial charge in [0.05, 0.1) is 0 Å². The number of rotatable bonds is 2. The molecule has 1 rings (SSSR count). The van der Waals surface area contributed by atoms with E-state index in [9.17, 15) is 9.59 Å². The molecule has 0 aliphatic heterocycles. The van der Waals surface area contributed by atoms with Crippen LogP contribution in [-0.2, 0) is 14.3 Å². The fourth-order valence-corrected chi connectivity index (χ4v) is 1.40. The maximum Gasteiger partial charge on any atom is 0.333 e. The summed E-state index contributed by atoms with van der Waals surface area (Å²) < 4.78 is 5.17. The number of ketones is 1. The lowest BCUT2D eigenvalue weighted by Crippen LogP contribution is -2.28. The van der Waals surface area contributed by atoms with Gasteiger partial charge in [0.1, 0.15) is 11.4 Å². The molecule has 72 valence electrons. The number of hydrogen-bond acceptors (Lipinski definition) is 3. The first kappa shape index (κ1) is 9.96. The van der Waals surface area contributed by atoms with Gasteiger partial charge >= 0.3 is 5.97 Å². The Morgan fingerprint density at radius 2 is 2.23 bits per heavy atom. The molecule has 3 nitrogen and oxygen atoms in total. The summed E-state index contributed by atoms with van der Waals surface area (Å²) in [4.78, 5) is 22.2. The molecule has 0 heterocycles. The van der Waals surface area contributed by atoms with Gasteiger partial charge in [0.2, 0.25) is 0 Å². The zero-order valence-electron chi connectivity index (χ0n) is 8.05. The van der Waals surface area contributed by atoms with E-state index in [4.69, 9.17) is 4.74 Å². The van der Waals surface area contributed by atoms with Crippen molar-refractivity contribution >= 4 is 11.8 Å². The number of carbonyl (C=O) groups is 2. The van der Waals surface area contributed by atoms with Crippen LogP contribution in [-0.4, -0.2) is 17.4 Å². The van der Waals surface area contributed by atoms with Gasteiger partial charge in [0.25, 0.3) is 0 Å². The van der Waals surface area contributed by atoms with Crippen molar-refractivity contribution in [3.63, 3.8) is 0 Å². The standard InChI is InChI=1S/C10H14O3/c1-7(2)9(12)13-10(3)5-4-8(11)6-10/h1,4-6H2,2-3H3. The predicted octanol–water partition coefficient (Wildman–Crippen LogP) is 1.62. The number of ether oxygens (including phenoxy) is 1. The molecule has 1 atom stereocenters. The minimum Gasteiger partial charge on any atom is -0.456 e. The molecule has 0 aromatic carbocycles. The maximum atomic E-state index is 11.2. The van der Waals surface area contributed by atoms with Crippen LogP contribution in [0.15, 0.2) is 12.2 Å². The lowest BCUT2D eigenvalue weighted by atomic mass is 10.1. The minimum atomic E-state index is -0.590. The lowest BCUT2D eigenvalue weighted by molar-refractivity contribution is -0.152. The second-order valence-electron chi connectivity index (χ2n) is 3.84. The van der Waals surface area contributed by atoms with Crippen molar-refractivity contribution in [3.8, 4) is 0 Å². The molecule has 1 aliphatic carbocycles. The molecular weight excluding hydrogens is 168 g/mol.